The molecule has 1 saturated carbocycles. The fourth-order valence-electron chi connectivity index (χ4n) is 6.21. The largest absolute Gasteiger partial charge is 0.440 e. The second kappa shape index (κ2) is 16.0. The monoisotopic (exact) mass is 647 g/mol. The summed E-state index contributed by atoms with van der Waals surface area (Å²) in [5, 5.41) is 15.6. The van der Waals surface area contributed by atoms with Crippen LogP contribution in [0.1, 0.15) is 82.4 Å². The third kappa shape index (κ3) is 9.34. The van der Waals surface area contributed by atoms with E-state index in [1.165, 1.54) is 18.6 Å². The zero-order chi connectivity index (χ0) is 31.7. The van der Waals surface area contributed by atoms with Gasteiger partial charge in [-0.15, -0.1) is 0 Å². The maximum Gasteiger partial charge on any atom is 0.417 e. The predicted octanol–water partition coefficient (Wildman–Crippen LogP) is 6.21. The summed E-state index contributed by atoms with van der Waals surface area (Å²) in [6, 6.07) is 12.6. The first-order valence-electron chi connectivity index (χ1n) is 15.4. The maximum atomic E-state index is 14.3. The molecular weight excluding hydrogens is 605 g/mol. The van der Waals surface area contributed by atoms with Crippen LogP contribution in [-0.4, -0.2) is 47.5 Å². The summed E-state index contributed by atoms with van der Waals surface area (Å²) >= 11 is 7.25. The highest BCUT2D eigenvalue weighted by Crippen LogP contribution is 2.41. The van der Waals surface area contributed by atoms with Crippen LogP contribution in [0.5, 0.6) is 0 Å². The molecule has 2 aliphatic rings. The number of nitrogens with one attached hydrogen (secondary N) is 3. The Morgan fingerprint density at radius 1 is 1.11 bits per heavy atom. The number of benzene rings is 2. The highest BCUT2D eigenvalue weighted by Gasteiger charge is 2.37. The Labute approximate surface area is 268 Å². The Hall–Kier alpha value is -2.82. The molecule has 0 unspecified atom stereocenters. The number of hydrogen-bond donors (Lipinski definition) is 4. The van der Waals surface area contributed by atoms with E-state index in [0.29, 0.717) is 42.3 Å². The third-order valence-electron chi connectivity index (χ3n) is 8.75. The van der Waals surface area contributed by atoms with Crippen molar-refractivity contribution >= 4 is 41.5 Å². The Morgan fingerprint density at radius 3 is 2.52 bits per heavy atom. The SMILES string of the molecule is CC(C)(c1cccc(Cl)c1)[C@@H](OC(=O)NS[C@@H](CC1CCCCC1)C(=O)N[C@H](CO)C[C@@H]1CCNC1=O)c1cccc(F)c1. The quantitative estimate of drug-likeness (QED) is 0.192. The molecule has 2 aromatic rings. The fourth-order valence-corrected chi connectivity index (χ4v) is 7.23. The highest BCUT2D eigenvalue weighted by molar-refractivity contribution is 7.99. The van der Waals surface area contributed by atoms with Gasteiger partial charge in [-0.25, -0.2) is 9.18 Å². The summed E-state index contributed by atoms with van der Waals surface area (Å²) in [6.07, 6.45) is 5.32. The Morgan fingerprint density at radius 2 is 1.86 bits per heavy atom. The number of ether oxygens (including phenoxy) is 1. The number of halogens is 2. The van der Waals surface area contributed by atoms with Gasteiger partial charge in [0.05, 0.1) is 12.6 Å². The Bertz CT molecular complexity index is 1290. The van der Waals surface area contributed by atoms with Gasteiger partial charge in [-0.3, -0.25) is 14.3 Å². The van der Waals surface area contributed by atoms with E-state index in [-0.39, 0.29) is 24.3 Å². The standard InChI is InChI=1S/C33H43ClFN3O5S/c1-33(2,24-11-7-12-25(34)19-24)29(22-10-6-13-26(35)17-22)43-32(42)38-44-28(16-21-8-4-3-5-9-21)31(41)37-27(20-39)18-23-14-15-36-30(23)40/h6-7,10-13,17,19,21,23,27-29,39H,3-5,8-9,14-16,18,20H2,1-2H3,(H,36,40)(H,37,41)(H,38,42)/t23-,27-,28-,29-/m0/s1. The molecule has 8 nitrogen and oxygen atoms in total. The van der Waals surface area contributed by atoms with Crippen molar-refractivity contribution in [2.24, 2.45) is 11.8 Å². The molecule has 0 radical (unpaired) electrons. The number of aliphatic hydroxyl groups excluding tert-OH is 1. The van der Waals surface area contributed by atoms with E-state index in [2.05, 4.69) is 15.4 Å². The van der Waals surface area contributed by atoms with Gasteiger partial charge in [-0.2, -0.15) is 0 Å². The van der Waals surface area contributed by atoms with Crippen LogP contribution in [0.15, 0.2) is 48.5 Å². The van der Waals surface area contributed by atoms with Gasteiger partial charge in [-0.1, -0.05) is 81.8 Å². The lowest BCUT2D eigenvalue weighted by Gasteiger charge is -2.35. The van der Waals surface area contributed by atoms with Crippen LogP contribution in [0, 0.1) is 17.7 Å². The molecule has 0 bridgehead atoms. The van der Waals surface area contributed by atoms with Crippen LogP contribution >= 0.6 is 23.5 Å². The van der Waals surface area contributed by atoms with Crippen LogP contribution in [-0.2, 0) is 19.7 Å². The first-order valence-corrected chi connectivity index (χ1v) is 16.6. The van der Waals surface area contributed by atoms with Crippen LogP contribution in [0.4, 0.5) is 9.18 Å². The van der Waals surface area contributed by atoms with Crippen molar-refractivity contribution in [2.75, 3.05) is 13.2 Å². The van der Waals surface area contributed by atoms with E-state index >= 15 is 0 Å². The van der Waals surface area contributed by atoms with Crippen molar-refractivity contribution in [3.05, 3.63) is 70.5 Å². The topological polar surface area (TPSA) is 117 Å². The van der Waals surface area contributed by atoms with Gasteiger partial charge >= 0.3 is 6.09 Å². The zero-order valence-corrected chi connectivity index (χ0v) is 26.9. The lowest BCUT2D eigenvalue weighted by atomic mass is 9.76. The molecule has 2 fully saturated rings. The molecular formula is C33H43ClFN3O5S. The van der Waals surface area contributed by atoms with Gasteiger partial charge in [0.2, 0.25) is 11.8 Å². The number of rotatable bonds is 13. The molecule has 1 saturated heterocycles. The highest BCUT2D eigenvalue weighted by atomic mass is 35.5. The molecule has 2 aromatic carbocycles. The summed E-state index contributed by atoms with van der Waals surface area (Å²) in [4.78, 5) is 38.9. The van der Waals surface area contributed by atoms with Crippen molar-refractivity contribution in [3.8, 4) is 0 Å². The van der Waals surface area contributed by atoms with Crippen molar-refractivity contribution in [1.82, 2.24) is 15.4 Å². The lowest BCUT2D eigenvalue weighted by Crippen LogP contribution is -2.45. The van der Waals surface area contributed by atoms with E-state index in [1.807, 2.05) is 26.0 Å². The minimum Gasteiger partial charge on any atom is -0.440 e. The normalized spacial score (nSPS) is 19.5. The molecule has 4 rings (SSSR count). The van der Waals surface area contributed by atoms with E-state index in [1.54, 1.807) is 24.3 Å². The molecule has 240 valence electrons. The fraction of sp³-hybridized carbons (Fsp3) is 0.545. The van der Waals surface area contributed by atoms with Crippen LogP contribution < -0.4 is 15.4 Å². The third-order valence-corrected chi connectivity index (χ3v) is 9.96. The number of hydrogen-bond acceptors (Lipinski definition) is 6. The average molecular weight is 648 g/mol. The molecule has 11 heteroatoms. The first-order chi connectivity index (χ1) is 21.1. The van der Waals surface area contributed by atoms with E-state index in [0.717, 1.165) is 43.2 Å². The molecule has 4 N–H and O–H groups in total. The molecule has 3 amide bonds. The van der Waals surface area contributed by atoms with Crippen LogP contribution in [0.3, 0.4) is 0 Å². The van der Waals surface area contributed by atoms with Crippen molar-refractivity contribution in [2.45, 2.75) is 88.0 Å². The summed E-state index contributed by atoms with van der Waals surface area (Å²) in [5.74, 6) is -0.749. The molecule has 0 aromatic heterocycles. The van der Waals surface area contributed by atoms with Gasteiger partial charge in [0.25, 0.3) is 0 Å². The van der Waals surface area contributed by atoms with Gasteiger partial charge in [0.15, 0.2) is 0 Å². The number of amides is 3. The van der Waals surface area contributed by atoms with E-state index in [4.69, 9.17) is 16.3 Å². The van der Waals surface area contributed by atoms with Crippen LogP contribution in [0.25, 0.3) is 0 Å². The maximum absolute atomic E-state index is 14.3. The predicted molar refractivity (Wildman–Crippen MR) is 171 cm³/mol. The van der Waals surface area contributed by atoms with E-state index in [9.17, 15) is 23.9 Å². The summed E-state index contributed by atoms with van der Waals surface area (Å²) in [6.45, 7) is 4.09. The number of carbonyl (C=O) groups is 3. The van der Waals surface area contributed by atoms with Crippen molar-refractivity contribution in [1.29, 1.82) is 0 Å². The van der Waals surface area contributed by atoms with Crippen molar-refractivity contribution < 1.29 is 28.6 Å². The number of carbonyl (C=O) groups excluding carboxylic acids is 3. The molecule has 4 atom stereocenters. The van der Waals surface area contributed by atoms with Gasteiger partial charge in [0.1, 0.15) is 17.2 Å². The zero-order valence-electron chi connectivity index (χ0n) is 25.3. The van der Waals surface area contributed by atoms with Gasteiger partial charge in [-0.05, 0) is 72.5 Å². The minimum absolute atomic E-state index is 0.0659. The Kier molecular flexibility index (Phi) is 12.3. The summed E-state index contributed by atoms with van der Waals surface area (Å²) in [5.41, 5.74) is 0.495. The molecule has 44 heavy (non-hydrogen) atoms. The second-order valence-electron chi connectivity index (χ2n) is 12.4. The smallest absolute Gasteiger partial charge is 0.417 e. The first kappa shape index (κ1) is 34.1. The van der Waals surface area contributed by atoms with Gasteiger partial charge < -0.3 is 20.5 Å². The summed E-state index contributed by atoms with van der Waals surface area (Å²) < 4.78 is 23.0. The van der Waals surface area contributed by atoms with Crippen molar-refractivity contribution in [3.63, 3.8) is 0 Å². The lowest BCUT2D eigenvalue weighted by molar-refractivity contribution is -0.125. The number of aliphatic hydroxyl groups is 1. The molecule has 1 aliphatic carbocycles. The van der Waals surface area contributed by atoms with E-state index < -0.39 is 34.7 Å². The summed E-state index contributed by atoms with van der Waals surface area (Å²) in [7, 11) is 0. The second-order valence-corrected chi connectivity index (χ2v) is 13.9. The minimum atomic E-state index is -0.876. The molecule has 0 spiro atoms. The molecule has 1 heterocycles. The average Bonchev–Trinajstić information content (AvgIpc) is 3.41. The molecule has 1 aliphatic heterocycles. The Balaban J connectivity index is 1.47. The van der Waals surface area contributed by atoms with Gasteiger partial charge in [0, 0.05) is 22.9 Å². The van der Waals surface area contributed by atoms with Crippen LogP contribution in [0.2, 0.25) is 5.02 Å².